The van der Waals surface area contributed by atoms with Gasteiger partial charge in [-0.1, -0.05) is 6.42 Å². The Bertz CT molecular complexity index is 111. The summed E-state index contributed by atoms with van der Waals surface area (Å²) in [5.74, 6) is 2.58. The summed E-state index contributed by atoms with van der Waals surface area (Å²) in [4.78, 5) is 0. The Morgan fingerprint density at radius 1 is 1.22 bits per heavy atom. The van der Waals surface area contributed by atoms with E-state index in [2.05, 4.69) is 0 Å². The molecule has 3 atom stereocenters. The van der Waals surface area contributed by atoms with E-state index in [1.54, 1.807) is 0 Å². The second kappa shape index (κ2) is 1.98. The maximum Gasteiger partial charge on any atom is 0.0462 e. The predicted molar refractivity (Wildman–Crippen MR) is 36.0 cm³/mol. The van der Waals surface area contributed by atoms with Crippen molar-refractivity contribution in [2.24, 2.45) is 17.8 Å². The van der Waals surface area contributed by atoms with Gasteiger partial charge in [-0.25, -0.2) is 0 Å². The highest BCUT2D eigenvalue weighted by Gasteiger charge is 2.38. The first-order chi connectivity index (χ1) is 4.40. The molecule has 0 aliphatic heterocycles. The van der Waals surface area contributed by atoms with Crippen LogP contribution in [-0.4, -0.2) is 11.7 Å². The van der Waals surface area contributed by atoms with Crippen LogP contribution < -0.4 is 0 Å². The van der Waals surface area contributed by atoms with Gasteiger partial charge in [0.1, 0.15) is 0 Å². The van der Waals surface area contributed by atoms with Crippen LogP contribution in [-0.2, 0) is 0 Å². The van der Waals surface area contributed by atoms with Gasteiger partial charge in [-0.2, -0.15) is 0 Å². The maximum absolute atomic E-state index is 8.89. The predicted octanol–water partition coefficient (Wildman–Crippen LogP) is 1.41. The molecule has 1 heteroatoms. The minimum absolute atomic E-state index is 0.446. The first kappa shape index (κ1) is 5.72. The molecule has 9 heavy (non-hydrogen) atoms. The van der Waals surface area contributed by atoms with Crippen LogP contribution in [0.15, 0.2) is 0 Å². The second-order valence-corrected chi connectivity index (χ2v) is 3.62. The third-order valence-corrected chi connectivity index (χ3v) is 3.12. The van der Waals surface area contributed by atoms with Gasteiger partial charge in [0.15, 0.2) is 0 Å². The summed E-state index contributed by atoms with van der Waals surface area (Å²) >= 11 is 0. The van der Waals surface area contributed by atoms with Crippen molar-refractivity contribution in [1.29, 1.82) is 0 Å². The minimum atomic E-state index is 0.446. The molecule has 0 aromatic rings. The number of aliphatic hydroxyl groups is 1. The largest absolute Gasteiger partial charge is 0.396 e. The number of hydrogen-bond donors (Lipinski definition) is 1. The van der Waals surface area contributed by atoms with Gasteiger partial charge in [-0.05, 0) is 37.0 Å². The molecular weight excluding hydrogens is 112 g/mol. The Morgan fingerprint density at radius 2 is 2.11 bits per heavy atom. The van der Waals surface area contributed by atoms with E-state index in [0.29, 0.717) is 12.5 Å². The summed E-state index contributed by atoms with van der Waals surface area (Å²) in [6.07, 6.45) is 5.59. The molecule has 52 valence electrons. The van der Waals surface area contributed by atoms with Crippen LogP contribution in [0, 0.1) is 17.8 Å². The van der Waals surface area contributed by atoms with Crippen molar-refractivity contribution in [3.63, 3.8) is 0 Å². The fraction of sp³-hybridized carbons (Fsp3) is 1.00. The summed E-state index contributed by atoms with van der Waals surface area (Å²) in [7, 11) is 0. The molecule has 0 unspecified atom stereocenters. The lowest BCUT2D eigenvalue weighted by atomic mass is 9.90. The number of rotatable bonds is 1. The zero-order valence-electron chi connectivity index (χ0n) is 5.71. The van der Waals surface area contributed by atoms with E-state index >= 15 is 0 Å². The number of hydrogen-bond acceptors (Lipinski definition) is 1. The van der Waals surface area contributed by atoms with Crippen LogP contribution in [0.4, 0.5) is 0 Å². The lowest BCUT2D eigenvalue weighted by Gasteiger charge is -2.18. The van der Waals surface area contributed by atoms with Crippen molar-refractivity contribution >= 4 is 0 Å². The normalized spacial score (nSPS) is 48.3. The van der Waals surface area contributed by atoms with Gasteiger partial charge in [-0.15, -0.1) is 0 Å². The summed E-state index contributed by atoms with van der Waals surface area (Å²) < 4.78 is 0. The van der Waals surface area contributed by atoms with Crippen LogP contribution in [0.25, 0.3) is 0 Å². The Kier molecular flexibility index (Phi) is 1.26. The summed E-state index contributed by atoms with van der Waals surface area (Å²) in [6, 6.07) is 0. The first-order valence-electron chi connectivity index (χ1n) is 4.01. The smallest absolute Gasteiger partial charge is 0.0462 e. The van der Waals surface area contributed by atoms with Crippen molar-refractivity contribution in [1.82, 2.24) is 0 Å². The fourth-order valence-electron chi connectivity index (χ4n) is 2.60. The fourth-order valence-corrected chi connectivity index (χ4v) is 2.60. The van der Waals surface area contributed by atoms with Gasteiger partial charge >= 0.3 is 0 Å². The van der Waals surface area contributed by atoms with E-state index in [4.69, 9.17) is 5.11 Å². The average molecular weight is 126 g/mol. The molecule has 0 spiro atoms. The monoisotopic (exact) mass is 126 g/mol. The van der Waals surface area contributed by atoms with E-state index in [0.717, 1.165) is 11.8 Å². The average Bonchev–Trinajstić information content (AvgIpc) is 2.45. The molecule has 2 bridgehead atoms. The van der Waals surface area contributed by atoms with E-state index in [1.807, 2.05) is 0 Å². The van der Waals surface area contributed by atoms with Gasteiger partial charge in [0, 0.05) is 6.61 Å². The van der Waals surface area contributed by atoms with E-state index in [1.165, 1.54) is 25.7 Å². The van der Waals surface area contributed by atoms with Crippen molar-refractivity contribution < 1.29 is 5.11 Å². The van der Waals surface area contributed by atoms with Crippen molar-refractivity contribution in [2.45, 2.75) is 25.7 Å². The highest BCUT2D eigenvalue weighted by atomic mass is 16.3. The van der Waals surface area contributed by atoms with Gasteiger partial charge in [0.25, 0.3) is 0 Å². The summed E-state index contributed by atoms with van der Waals surface area (Å²) in [5.41, 5.74) is 0. The first-order valence-corrected chi connectivity index (χ1v) is 4.01. The lowest BCUT2D eigenvalue weighted by molar-refractivity contribution is 0.177. The molecule has 1 nitrogen and oxygen atoms in total. The quantitative estimate of drug-likeness (QED) is 0.563. The van der Waals surface area contributed by atoms with Crippen LogP contribution in [0.3, 0.4) is 0 Å². The third-order valence-electron chi connectivity index (χ3n) is 3.12. The lowest BCUT2D eigenvalue weighted by Crippen LogP contribution is -2.13. The summed E-state index contributed by atoms with van der Waals surface area (Å²) in [5, 5.41) is 8.89. The zero-order chi connectivity index (χ0) is 6.27. The van der Waals surface area contributed by atoms with Gasteiger partial charge in [-0.3, -0.25) is 0 Å². The minimum Gasteiger partial charge on any atom is -0.396 e. The van der Waals surface area contributed by atoms with E-state index < -0.39 is 0 Å². The zero-order valence-corrected chi connectivity index (χ0v) is 5.71. The van der Waals surface area contributed by atoms with Crippen LogP contribution in [0.1, 0.15) is 25.7 Å². The van der Waals surface area contributed by atoms with Crippen molar-refractivity contribution in [3.8, 4) is 0 Å². The maximum atomic E-state index is 8.89. The van der Waals surface area contributed by atoms with E-state index in [-0.39, 0.29) is 0 Å². The molecule has 0 amide bonds. The van der Waals surface area contributed by atoms with Crippen LogP contribution in [0.2, 0.25) is 0 Å². The highest BCUT2D eigenvalue weighted by molar-refractivity contribution is 4.89. The highest BCUT2D eigenvalue weighted by Crippen LogP contribution is 2.47. The Balaban J connectivity index is 2.01. The van der Waals surface area contributed by atoms with Crippen LogP contribution >= 0.6 is 0 Å². The third kappa shape index (κ3) is 0.787. The molecule has 1 N–H and O–H groups in total. The molecular formula is C8H14O. The Labute approximate surface area is 56.1 Å². The molecule has 0 radical (unpaired) electrons. The van der Waals surface area contributed by atoms with Crippen molar-refractivity contribution in [3.05, 3.63) is 0 Å². The van der Waals surface area contributed by atoms with Crippen molar-refractivity contribution in [2.75, 3.05) is 6.61 Å². The number of aliphatic hydroxyl groups excluding tert-OH is 1. The Hall–Kier alpha value is -0.0400. The molecule has 0 aromatic carbocycles. The molecule has 0 aromatic heterocycles. The molecule has 0 saturated heterocycles. The van der Waals surface area contributed by atoms with Crippen LogP contribution in [0.5, 0.6) is 0 Å². The van der Waals surface area contributed by atoms with Gasteiger partial charge < -0.3 is 5.11 Å². The molecule has 2 rings (SSSR count). The Morgan fingerprint density at radius 3 is 2.44 bits per heavy atom. The van der Waals surface area contributed by atoms with Gasteiger partial charge in [0.2, 0.25) is 0 Å². The number of fused-ring (bicyclic) bond motifs is 2. The van der Waals surface area contributed by atoms with E-state index in [9.17, 15) is 0 Å². The molecule has 0 heterocycles. The summed E-state index contributed by atoms with van der Waals surface area (Å²) in [6.45, 7) is 0.446. The SMILES string of the molecule is OC[C@H]1C[C@@H]2CC[C@H]1C2. The second-order valence-electron chi connectivity index (χ2n) is 3.62. The van der Waals surface area contributed by atoms with Gasteiger partial charge in [0.05, 0.1) is 0 Å². The molecule has 2 fully saturated rings. The molecule has 2 aliphatic rings. The topological polar surface area (TPSA) is 20.2 Å². The standard InChI is InChI=1S/C8H14O/c9-5-8-4-6-1-2-7(8)3-6/h6-9H,1-5H2/t6-,7+,8-/m1/s1. The molecule has 2 saturated carbocycles. The molecule has 2 aliphatic carbocycles.